The third-order valence-electron chi connectivity index (χ3n) is 4.27. The number of pyridine rings is 1. The minimum absolute atomic E-state index is 0.129. The highest BCUT2D eigenvalue weighted by Gasteiger charge is 2.58. The van der Waals surface area contributed by atoms with E-state index in [0.717, 1.165) is 0 Å². The lowest BCUT2D eigenvalue weighted by atomic mass is 10.1. The maximum atomic E-state index is 11.9. The zero-order valence-corrected chi connectivity index (χ0v) is 11.4. The van der Waals surface area contributed by atoms with Crippen molar-refractivity contribution >= 4 is 11.8 Å². The van der Waals surface area contributed by atoms with Crippen molar-refractivity contribution < 1.29 is 19.4 Å². The summed E-state index contributed by atoms with van der Waals surface area (Å²) in [4.78, 5) is 35.2. The zero-order valence-electron chi connectivity index (χ0n) is 11.4. The molecule has 0 bridgehead atoms. The Hall–Kier alpha value is -2.35. The van der Waals surface area contributed by atoms with Crippen LogP contribution in [0.4, 0.5) is 0 Å². The Kier molecular flexibility index (Phi) is 2.80. The van der Waals surface area contributed by atoms with Gasteiger partial charge in [-0.05, 0) is 6.42 Å². The molecule has 2 unspecified atom stereocenters. The number of aromatic hydroxyl groups is 1. The van der Waals surface area contributed by atoms with Gasteiger partial charge in [-0.3, -0.25) is 14.4 Å². The molecule has 1 aromatic heterocycles. The van der Waals surface area contributed by atoms with Crippen molar-refractivity contribution in [2.45, 2.75) is 12.0 Å². The van der Waals surface area contributed by atoms with Gasteiger partial charge in [-0.1, -0.05) is 0 Å². The second-order valence-electron chi connectivity index (χ2n) is 5.45. The number of nitrogens with two attached hydrogens (primary N) is 1. The fourth-order valence-electron chi connectivity index (χ4n) is 3.04. The molecule has 1 spiro atoms. The monoisotopic (exact) mass is 293 g/mol. The van der Waals surface area contributed by atoms with E-state index in [4.69, 9.17) is 10.5 Å². The van der Waals surface area contributed by atoms with Gasteiger partial charge in [0.15, 0.2) is 11.4 Å². The van der Waals surface area contributed by atoms with E-state index >= 15 is 0 Å². The zero-order chi connectivity index (χ0) is 15.4. The number of carbonyl (C=O) groups excluding carboxylic acids is 2. The van der Waals surface area contributed by atoms with E-state index in [1.165, 1.54) is 10.8 Å². The first-order valence-electron chi connectivity index (χ1n) is 6.48. The van der Waals surface area contributed by atoms with Gasteiger partial charge in [0, 0.05) is 25.8 Å². The van der Waals surface area contributed by atoms with E-state index < -0.39 is 28.5 Å². The maximum Gasteiger partial charge on any atom is 0.272 e. The lowest BCUT2D eigenvalue weighted by Crippen LogP contribution is -2.47. The van der Waals surface area contributed by atoms with Crippen LogP contribution < -0.4 is 16.5 Å². The molecule has 0 radical (unpaired) electrons. The quantitative estimate of drug-likeness (QED) is 0.643. The number of primary amides is 1. The summed E-state index contributed by atoms with van der Waals surface area (Å²) in [6.07, 6.45) is 1.99. The van der Waals surface area contributed by atoms with Crippen molar-refractivity contribution in [3.63, 3.8) is 0 Å². The molecule has 112 valence electrons. The van der Waals surface area contributed by atoms with E-state index in [-0.39, 0.29) is 17.2 Å². The molecule has 0 saturated heterocycles. The molecule has 1 fully saturated rings. The Morgan fingerprint density at radius 2 is 2.33 bits per heavy atom. The smallest absolute Gasteiger partial charge is 0.272 e. The van der Waals surface area contributed by atoms with Crippen LogP contribution in [0.1, 0.15) is 27.3 Å². The van der Waals surface area contributed by atoms with Crippen LogP contribution in [0.2, 0.25) is 0 Å². The summed E-state index contributed by atoms with van der Waals surface area (Å²) < 4.78 is 6.63. The molecule has 1 aliphatic heterocycles. The highest BCUT2D eigenvalue weighted by Crippen LogP contribution is 2.52. The average Bonchev–Trinajstić information content (AvgIpc) is 3.11. The van der Waals surface area contributed by atoms with Crippen molar-refractivity contribution in [1.82, 2.24) is 9.88 Å². The number of aromatic nitrogens is 1. The third-order valence-corrected chi connectivity index (χ3v) is 4.27. The molecule has 3 rings (SSSR count). The summed E-state index contributed by atoms with van der Waals surface area (Å²) >= 11 is 0. The van der Waals surface area contributed by atoms with Crippen LogP contribution in [0.15, 0.2) is 11.0 Å². The van der Waals surface area contributed by atoms with E-state index in [1.54, 1.807) is 7.11 Å². The first-order valence-corrected chi connectivity index (χ1v) is 6.48. The molecule has 4 N–H and O–H groups in total. The van der Waals surface area contributed by atoms with Crippen LogP contribution >= 0.6 is 0 Å². The minimum Gasteiger partial charge on any atom is -0.503 e. The van der Waals surface area contributed by atoms with Crippen molar-refractivity contribution in [3.05, 3.63) is 27.7 Å². The summed E-state index contributed by atoms with van der Waals surface area (Å²) in [6, 6.07) is 0. The second-order valence-corrected chi connectivity index (χ2v) is 5.45. The number of rotatable bonds is 3. The molecule has 2 amide bonds. The number of nitrogens with zero attached hydrogens (tertiary/aromatic N) is 1. The van der Waals surface area contributed by atoms with Crippen LogP contribution in [0.5, 0.6) is 5.75 Å². The third kappa shape index (κ3) is 1.75. The van der Waals surface area contributed by atoms with Gasteiger partial charge in [0.05, 0.1) is 12.1 Å². The predicted octanol–water partition coefficient (Wildman–Crippen LogP) is -1.24. The number of hydrogen-bond donors (Lipinski definition) is 3. The Morgan fingerprint density at radius 1 is 1.62 bits per heavy atom. The van der Waals surface area contributed by atoms with E-state index in [2.05, 4.69) is 5.32 Å². The topological polar surface area (TPSA) is 124 Å². The molecule has 0 aromatic carbocycles. The number of amides is 2. The van der Waals surface area contributed by atoms with E-state index in [9.17, 15) is 19.5 Å². The molecular formula is C13H15N3O5. The van der Waals surface area contributed by atoms with E-state index in [0.29, 0.717) is 19.6 Å². The van der Waals surface area contributed by atoms with Crippen LogP contribution in [0.3, 0.4) is 0 Å². The molecule has 2 atom stereocenters. The van der Waals surface area contributed by atoms with Crippen molar-refractivity contribution in [2.24, 2.45) is 11.7 Å². The normalized spacial score (nSPS) is 26.3. The number of nitrogens with one attached hydrogen (secondary N) is 1. The maximum absolute atomic E-state index is 11.9. The molecule has 21 heavy (non-hydrogen) atoms. The average molecular weight is 293 g/mol. The number of ether oxygens (including phenoxy) is 1. The van der Waals surface area contributed by atoms with Gasteiger partial charge in [-0.25, -0.2) is 0 Å². The van der Waals surface area contributed by atoms with Gasteiger partial charge in [-0.2, -0.15) is 0 Å². The molecule has 8 nitrogen and oxygen atoms in total. The Morgan fingerprint density at radius 3 is 2.95 bits per heavy atom. The van der Waals surface area contributed by atoms with Crippen LogP contribution in [0, 0.1) is 5.92 Å². The number of methoxy groups -OCH3 is 1. The van der Waals surface area contributed by atoms with Crippen LogP contribution in [0.25, 0.3) is 0 Å². The lowest BCUT2D eigenvalue weighted by Gasteiger charge is -2.30. The summed E-state index contributed by atoms with van der Waals surface area (Å²) in [5, 5.41) is 12.7. The fourth-order valence-corrected chi connectivity index (χ4v) is 3.04. The molecular weight excluding hydrogens is 278 g/mol. The van der Waals surface area contributed by atoms with Crippen LogP contribution in [-0.4, -0.2) is 41.7 Å². The molecule has 1 aromatic rings. The molecule has 2 heterocycles. The first kappa shape index (κ1) is 13.6. The van der Waals surface area contributed by atoms with Gasteiger partial charge >= 0.3 is 0 Å². The fraction of sp³-hybridized carbons (Fsp3) is 0.462. The van der Waals surface area contributed by atoms with Crippen molar-refractivity contribution in [2.75, 3.05) is 20.3 Å². The standard InChI is InChI=1S/C13H15N3O5/c1-21-4-6-2-13(6)5-15-12(20)8-10(18)9(17)7(11(14)19)3-16(8)13/h3,6,18H,2,4-5H2,1H3,(H2,14,19)(H,15,20). The van der Waals surface area contributed by atoms with Crippen molar-refractivity contribution in [1.29, 1.82) is 0 Å². The Labute approximate surface area is 119 Å². The molecule has 8 heteroatoms. The molecule has 2 aliphatic rings. The highest BCUT2D eigenvalue weighted by molar-refractivity contribution is 5.98. The van der Waals surface area contributed by atoms with E-state index in [1.807, 2.05) is 0 Å². The summed E-state index contributed by atoms with van der Waals surface area (Å²) in [5.74, 6) is -2.10. The highest BCUT2D eigenvalue weighted by atomic mass is 16.5. The van der Waals surface area contributed by atoms with Gasteiger partial charge in [0.25, 0.3) is 11.8 Å². The number of hydrogen-bond acceptors (Lipinski definition) is 5. The van der Waals surface area contributed by atoms with Gasteiger partial charge in [0.2, 0.25) is 5.43 Å². The summed E-state index contributed by atoms with van der Waals surface area (Å²) in [5.41, 5.74) is 3.31. The predicted molar refractivity (Wildman–Crippen MR) is 71.2 cm³/mol. The summed E-state index contributed by atoms with van der Waals surface area (Å²) in [7, 11) is 1.58. The molecule has 1 saturated carbocycles. The Balaban J connectivity index is 2.22. The first-order chi connectivity index (χ1) is 9.92. The largest absolute Gasteiger partial charge is 0.503 e. The van der Waals surface area contributed by atoms with Gasteiger partial charge in [-0.15, -0.1) is 0 Å². The lowest BCUT2D eigenvalue weighted by molar-refractivity contribution is 0.0883. The Bertz CT molecular complexity index is 710. The molecule has 1 aliphatic carbocycles. The van der Waals surface area contributed by atoms with Gasteiger partial charge in [0.1, 0.15) is 5.56 Å². The summed E-state index contributed by atoms with van der Waals surface area (Å²) in [6.45, 7) is 0.835. The second kappa shape index (κ2) is 4.32. The number of fused-ring (bicyclic) bond motifs is 2. The number of carbonyl (C=O) groups is 2. The van der Waals surface area contributed by atoms with Gasteiger partial charge < -0.3 is 25.5 Å². The van der Waals surface area contributed by atoms with Crippen LogP contribution in [-0.2, 0) is 10.3 Å². The minimum atomic E-state index is -0.935. The SMILES string of the molecule is COCC1CC12CNC(=O)c1c(O)c(=O)c(C(N)=O)cn12. The van der Waals surface area contributed by atoms with Crippen molar-refractivity contribution in [3.8, 4) is 5.75 Å².